The number of fused-ring (bicyclic) bond motifs is 1. The van der Waals surface area contributed by atoms with E-state index in [2.05, 4.69) is 18.7 Å². The van der Waals surface area contributed by atoms with Gasteiger partial charge in [0.25, 0.3) is 0 Å². The van der Waals surface area contributed by atoms with Crippen molar-refractivity contribution in [2.45, 2.75) is 77.3 Å². The van der Waals surface area contributed by atoms with E-state index in [1.807, 2.05) is 0 Å². The van der Waals surface area contributed by atoms with Crippen molar-refractivity contribution in [2.75, 3.05) is 19.6 Å². The zero-order valence-electron chi connectivity index (χ0n) is 12.9. The van der Waals surface area contributed by atoms with Crippen molar-refractivity contribution in [3.63, 3.8) is 0 Å². The molecule has 0 amide bonds. The van der Waals surface area contributed by atoms with Crippen LogP contribution >= 0.6 is 0 Å². The maximum Gasteiger partial charge on any atom is 0.0518 e. The van der Waals surface area contributed by atoms with Crippen LogP contribution in [-0.4, -0.2) is 46.9 Å². The van der Waals surface area contributed by atoms with Crippen LogP contribution in [0.1, 0.15) is 65.2 Å². The van der Waals surface area contributed by atoms with Gasteiger partial charge in [0.05, 0.1) is 6.04 Å². The van der Waals surface area contributed by atoms with E-state index < -0.39 is 0 Å². The molecule has 3 nitrogen and oxygen atoms in total. The molecule has 0 aromatic heterocycles. The second kappa shape index (κ2) is 7.61. The smallest absolute Gasteiger partial charge is 0.0518 e. The molecule has 2 heterocycles. The fraction of sp³-hybridized carbons (Fsp3) is 1.00. The highest BCUT2D eigenvalue weighted by molar-refractivity contribution is 4.95. The van der Waals surface area contributed by atoms with E-state index >= 15 is 0 Å². The van der Waals surface area contributed by atoms with E-state index in [-0.39, 0.29) is 0 Å². The van der Waals surface area contributed by atoms with Gasteiger partial charge in [-0.05, 0) is 25.2 Å². The summed E-state index contributed by atoms with van der Waals surface area (Å²) in [6, 6.07) is 1.18. The van der Waals surface area contributed by atoms with E-state index in [1.54, 1.807) is 5.06 Å². The third-order valence-corrected chi connectivity index (χ3v) is 5.18. The molecule has 3 heteroatoms. The van der Waals surface area contributed by atoms with Gasteiger partial charge >= 0.3 is 0 Å². The Bertz CT molecular complexity index is 259. The fourth-order valence-corrected chi connectivity index (χ4v) is 3.90. The third kappa shape index (κ3) is 3.93. The number of hydrogen-bond donors (Lipinski definition) is 1. The molecule has 2 aliphatic rings. The molecule has 2 fully saturated rings. The van der Waals surface area contributed by atoms with E-state index in [0.29, 0.717) is 6.04 Å². The van der Waals surface area contributed by atoms with E-state index in [0.717, 1.165) is 25.0 Å². The van der Waals surface area contributed by atoms with Crippen LogP contribution in [0.5, 0.6) is 0 Å². The van der Waals surface area contributed by atoms with Crippen molar-refractivity contribution in [3.05, 3.63) is 0 Å². The Kier molecular flexibility index (Phi) is 6.11. The molecule has 3 unspecified atom stereocenters. The zero-order chi connectivity index (χ0) is 13.7. The average molecular weight is 268 g/mol. The van der Waals surface area contributed by atoms with Crippen molar-refractivity contribution in [3.8, 4) is 0 Å². The lowest BCUT2D eigenvalue weighted by Crippen LogP contribution is -2.37. The number of unbranched alkanes of at least 4 members (excludes halogenated alkanes) is 4. The molecule has 2 rings (SSSR count). The van der Waals surface area contributed by atoms with Crippen LogP contribution in [0.3, 0.4) is 0 Å². The first-order valence-electron chi connectivity index (χ1n) is 8.45. The Morgan fingerprint density at radius 2 is 1.89 bits per heavy atom. The van der Waals surface area contributed by atoms with Gasteiger partial charge in [-0.3, -0.25) is 4.90 Å². The van der Waals surface area contributed by atoms with Gasteiger partial charge in [-0.2, -0.15) is 5.06 Å². The molecule has 2 saturated heterocycles. The van der Waals surface area contributed by atoms with Gasteiger partial charge in [0.1, 0.15) is 0 Å². The van der Waals surface area contributed by atoms with E-state index in [1.165, 1.54) is 57.9 Å². The highest BCUT2D eigenvalue weighted by atomic mass is 16.5. The van der Waals surface area contributed by atoms with Crippen LogP contribution < -0.4 is 0 Å². The van der Waals surface area contributed by atoms with Crippen molar-refractivity contribution >= 4 is 0 Å². The quantitative estimate of drug-likeness (QED) is 0.682. The molecular formula is C16H32N2O. The zero-order valence-corrected chi connectivity index (χ0v) is 12.9. The summed E-state index contributed by atoms with van der Waals surface area (Å²) >= 11 is 0. The topological polar surface area (TPSA) is 26.7 Å². The van der Waals surface area contributed by atoms with E-state index in [4.69, 9.17) is 0 Å². The first kappa shape index (κ1) is 15.3. The van der Waals surface area contributed by atoms with E-state index in [9.17, 15) is 5.21 Å². The molecule has 0 aromatic carbocycles. The first-order chi connectivity index (χ1) is 9.26. The van der Waals surface area contributed by atoms with Crippen LogP contribution in [-0.2, 0) is 0 Å². The molecule has 0 saturated carbocycles. The molecule has 2 aliphatic heterocycles. The molecule has 0 radical (unpaired) electrons. The molecule has 0 aromatic rings. The predicted molar refractivity (Wildman–Crippen MR) is 79.4 cm³/mol. The molecule has 1 N–H and O–H groups in total. The second-order valence-corrected chi connectivity index (χ2v) is 6.50. The Labute approximate surface area is 118 Å². The minimum Gasteiger partial charge on any atom is -0.314 e. The standard InChI is InChI=1S/C16H32N2O/c1-3-5-6-7-8-9-15(4-2)17-12-14-10-11-18(19)16(14)13-17/h14-16,19H,3-13H2,1-2H3. The third-order valence-electron chi connectivity index (χ3n) is 5.18. The maximum absolute atomic E-state index is 9.85. The molecule has 3 atom stereocenters. The normalized spacial score (nSPS) is 29.8. The van der Waals surface area contributed by atoms with Crippen LogP contribution in [0, 0.1) is 5.92 Å². The Balaban J connectivity index is 1.70. The average Bonchev–Trinajstić information content (AvgIpc) is 2.97. The lowest BCUT2D eigenvalue weighted by Gasteiger charge is -2.28. The van der Waals surface area contributed by atoms with Gasteiger partial charge in [-0.25, -0.2) is 0 Å². The first-order valence-corrected chi connectivity index (χ1v) is 8.45. The number of hydroxylamine groups is 2. The summed E-state index contributed by atoms with van der Waals surface area (Å²) < 4.78 is 0. The lowest BCUT2D eigenvalue weighted by atomic mass is 10.0. The van der Waals surface area contributed by atoms with Gasteiger partial charge in [-0.15, -0.1) is 0 Å². The summed E-state index contributed by atoms with van der Waals surface area (Å²) in [5.74, 6) is 0.721. The lowest BCUT2D eigenvalue weighted by molar-refractivity contribution is -0.105. The Morgan fingerprint density at radius 3 is 2.58 bits per heavy atom. The number of nitrogens with zero attached hydrogens (tertiary/aromatic N) is 2. The molecule has 0 bridgehead atoms. The Hall–Kier alpha value is -0.120. The summed E-state index contributed by atoms with van der Waals surface area (Å²) in [6.07, 6.45) is 10.7. The highest BCUT2D eigenvalue weighted by Crippen LogP contribution is 2.32. The summed E-state index contributed by atoms with van der Waals surface area (Å²) in [5, 5.41) is 11.4. The number of hydrogen-bond acceptors (Lipinski definition) is 3. The van der Waals surface area contributed by atoms with Gasteiger partial charge in [0.2, 0.25) is 0 Å². The van der Waals surface area contributed by atoms with Gasteiger partial charge < -0.3 is 5.21 Å². The molecule has 19 heavy (non-hydrogen) atoms. The molecule has 112 valence electrons. The van der Waals surface area contributed by atoms with Crippen LogP contribution in [0.25, 0.3) is 0 Å². The highest BCUT2D eigenvalue weighted by Gasteiger charge is 2.42. The van der Waals surface area contributed by atoms with Crippen LogP contribution in [0.2, 0.25) is 0 Å². The van der Waals surface area contributed by atoms with Crippen molar-refractivity contribution in [1.29, 1.82) is 0 Å². The predicted octanol–water partition coefficient (Wildman–Crippen LogP) is 3.52. The minimum atomic E-state index is 0.425. The van der Waals surface area contributed by atoms with Gasteiger partial charge in [0, 0.05) is 25.7 Å². The van der Waals surface area contributed by atoms with Crippen molar-refractivity contribution < 1.29 is 5.21 Å². The largest absolute Gasteiger partial charge is 0.314 e. The number of rotatable bonds is 8. The number of likely N-dealkylation sites (tertiary alicyclic amines) is 1. The fourth-order valence-electron chi connectivity index (χ4n) is 3.90. The SMILES string of the molecule is CCCCCCCC(CC)N1CC2CCN(O)C2C1. The van der Waals surface area contributed by atoms with Crippen LogP contribution in [0.4, 0.5) is 0 Å². The molecule has 0 aliphatic carbocycles. The summed E-state index contributed by atoms with van der Waals surface area (Å²) in [5.41, 5.74) is 0. The second-order valence-electron chi connectivity index (χ2n) is 6.50. The van der Waals surface area contributed by atoms with Crippen molar-refractivity contribution in [1.82, 2.24) is 9.96 Å². The van der Waals surface area contributed by atoms with Gasteiger partial charge in [-0.1, -0.05) is 46.0 Å². The Morgan fingerprint density at radius 1 is 1.11 bits per heavy atom. The molecule has 0 spiro atoms. The summed E-state index contributed by atoms with van der Waals surface area (Å²) in [7, 11) is 0. The van der Waals surface area contributed by atoms with Crippen LogP contribution in [0.15, 0.2) is 0 Å². The van der Waals surface area contributed by atoms with Crippen molar-refractivity contribution in [2.24, 2.45) is 5.92 Å². The maximum atomic E-state index is 9.85. The summed E-state index contributed by atoms with van der Waals surface area (Å²) in [4.78, 5) is 2.65. The monoisotopic (exact) mass is 268 g/mol. The summed E-state index contributed by atoms with van der Waals surface area (Å²) in [6.45, 7) is 7.79. The minimum absolute atomic E-state index is 0.425. The van der Waals surface area contributed by atoms with Gasteiger partial charge in [0.15, 0.2) is 0 Å². The molecular weight excluding hydrogens is 236 g/mol.